The Morgan fingerprint density at radius 1 is 1.10 bits per heavy atom. The van der Waals surface area contributed by atoms with Crippen molar-refractivity contribution in [2.24, 2.45) is 10.9 Å². The van der Waals surface area contributed by atoms with Gasteiger partial charge in [0.05, 0.1) is 5.69 Å². The van der Waals surface area contributed by atoms with Crippen molar-refractivity contribution in [3.8, 4) is 0 Å². The molecule has 1 aromatic heterocycles. The van der Waals surface area contributed by atoms with E-state index in [0.717, 1.165) is 22.7 Å². The van der Waals surface area contributed by atoms with Crippen LogP contribution in [0.25, 0.3) is 16.8 Å². The Morgan fingerprint density at radius 2 is 1.85 bits per heavy atom. The highest BCUT2D eigenvalue weighted by molar-refractivity contribution is 5.82. The summed E-state index contributed by atoms with van der Waals surface area (Å²) >= 11 is 0. The third-order valence-electron chi connectivity index (χ3n) is 6.53. The van der Waals surface area contributed by atoms with Crippen LogP contribution in [0.5, 0.6) is 0 Å². The number of hydrogen-bond acceptors (Lipinski definition) is 3. The minimum Gasteiger partial charge on any atom is -0.359 e. The Hall–Kier alpha value is -4.58. The number of nitrogens with zero attached hydrogens (tertiary/aromatic N) is 2. The monoisotopic (exact) mass is 522 g/mol. The predicted molar refractivity (Wildman–Crippen MR) is 156 cm³/mol. The van der Waals surface area contributed by atoms with Crippen molar-refractivity contribution >= 4 is 16.8 Å². The second-order valence-corrected chi connectivity index (χ2v) is 9.52. The SMILES string of the molecule is C=C/C=C(/c1ccccc1F)c1nc(C2=c3cc(C(/C=C(\C=C)NC(=C)C(C)C)=C/C)cc(F)c3=N2)[nH]c1C. The maximum absolute atomic E-state index is 15.1. The van der Waals surface area contributed by atoms with E-state index < -0.39 is 5.82 Å². The van der Waals surface area contributed by atoms with Crippen LogP contribution in [0.1, 0.15) is 49.1 Å². The first-order chi connectivity index (χ1) is 18.7. The predicted octanol–water partition coefficient (Wildman–Crippen LogP) is 6.64. The van der Waals surface area contributed by atoms with E-state index in [0.29, 0.717) is 39.1 Å². The van der Waals surface area contributed by atoms with Crippen LogP contribution in [-0.2, 0) is 0 Å². The zero-order chi connectivity index (χ0) is 28.3. The zero-order valence-electron chi connectivity index (χ0n) is 22.7. The van der Waals surface area contributed by atoms with Crippen LogP contribution in [0.3, 0.4) is 0 Å². The number of hydrogen-bond donors (Lipinski definition) is 2. The lowest BCUT2D eigenvalue weighted by molar-refractivity contribution is 0.607. The van der Waals surface area contributed by atoms with Crippen LogP contribution in [0.15, 0.2) is 103 Å². The highest BCUT2D eigenvalue weighted by atomic mass is 19.1. The third kappa shape index (κ3) is 5.50. The summed E-state index contributed by atoms with van der Waals surface area (Å²) < 4.78 is 29.7. The average Bonchev–Trinajstić information content (AvgIpc) is 3.26. The van der Waals surface area contributed by atoms with E-state index in [1.807, 2.05) is 45.9 Å². The zero-order valence-corrected chi connectivity index (χ0v) is 22.7. The van der Waals surface area contributed by atoms with Crippen molar-refractivity contribution in [3.63, 3.8) is 0 Å². The van der Waals surface area contributed by atoms with Gasteiger partial charge in [0.15, 0.2) is 5.82 Å². The molecule has 2 aromatic carbocycles. The summed E-state index contributed by atoms with van der Waals surface area (Å²) in [6, 6.07) is 9.90. The van der Waals surface area contributed by atoms with Gasteiger partial charge in [-0.05, 0) is 61.3 Å². The Kier molecular flexibility index (Phi) is 8.05. The van der Waals surface area contributed by atoms with Crippen LogP contribution in [0.4, 0.5) is 8.78 Å². The Balaban J connectivity index is 1.78. The van der Waals surface area contributed by atoms with E-state index in [9.17, 15) is 4.39 Å². The number of H-pyrrole nitrogens is 1. The minimum absolute atomic E-state index is 0.247. The summed E-state index contributed by atoms with van der Waals surface area (Å²) in [6.45, 7) is 19.6. The van der Waals surface area contributed by atoms with E-state index in [2.05, 4.69) is 35.0 Å². The van der Waals surface area contributed by atoms with E-state index >= 15 is 4.39 Å². The number of benzene rings is 2. The fourth-order valence-electron chi connectivity index (χ4n) is 4.26. The number of imidazole rings is 1. The molecule has 2 heterocycles. The standard InChI is InChI=1S/C33H32F2N4/c1-8-13-26(25-14-11-12-15-28(25)34)30-21(7)37-33(39-30)32-27-17-23(18-29(35)31(27)38-32)22(9-2)16-24(10-3)36-20(6)19(4)5/h8-19,36H,1,3,6H2,2,4-5,7H3,(H,37,39)/b22-9+,24-16+,26-13-. The molecule has 3 aromatic rings. The Morgan fingerprint density at radius 3 is 2.49 bits per heavy atom. The van der Waals surface area contributed by atoms with Gasteiger partial charge in [-0.25, -0.2) is 18.8 Å². The first-order valence-electron chi connectivity index (χ1n) is 12.7. The molecule has 0 spiro atoms. The highest BCUT2D eigenvalue weighted by Gasteiger charge is 2.22. The molecule has 198 valence electrons. The van der Waals surface area contributed by atoms with Gasteiger partial charge in [-0.3, -0.25) is 0 Å². The van der Waals surface area contributed by atoms with E-state index in [1.54, 1.807) is 36.4 Å². The number of aromatic amines is 1. The average molecular weight is 523 g/mol. The first kappa shape index (κ1) is 27.5. The molecule has 0 radical (unpaired) electrons. The number of rotatable bonds is 10. The van der Waals surface area contributed by atoms with Crippen LogP contribution in [0.2, 0.25) is 0 Å². The third-order valence-corrected chi connectivity index (χ3v) is 6.53. The van der Waals surface area contributed by atoms with Crippen molar-refractivity contribution in [1.82, 2.24) is 15.3 Å². The smallest absolute Gasteiger partial charge is 0.157 e. The van der Waals surface area contributed by atoms with Crippen molar-refractivity contribution < 1.29 is 8.78 Å². The maximum Gasteiger partial charge on any atom is 0.157 e. The molecule has 0 fully saturated rings. The largest absolute Gasteiger partial charge is 0.359 e. The minimum atomic E-state index is -0.416. The van der Waals surface area contributed by atoms with Crippen LogP contribution in [0, 0.1) is 24.5 Å². The normalized spacial score (nSPS) is 13.5. The molecular formula is C33H32F2N4. The second-order valence-electron chi connectivity index (χ2n) is 9.52. The van der Waals surface area contributed by atoms with E-state index in [-0.39, 0.29) is 17.1 Å². The van der Waals surface area contributed by atoms with Gasteiger partial charge in [-0.15, -0.1) is 0 Å². The lowest BCUT2D eigenvalue weighted by Crippen LogP contribution is -2.38. The molecule has 39 heavy (non-hydrogen) atoms. The molecule has 0 atom stereocenters. The number of halogens is 2. The van der Waals surface area contributed by atoms with Gasteiger partial charge in [0.1, 0.15) is 22.7 Å². The van der Waals surface area contributed by atoms with Gasteiger partial charge in [-0.2, -0.15) is 0 Å². The molecule has 1 aliphatic rings. The Labute approximate surface area is 227 Å². The Bertz CT molecular complexity index is 1700. The lowest BCUT2D eigenvalue weighted by atomic mass is 10.00. The van der Waals surface area contributed by atoms with Gasteiger partial charge in [0.25, 0.3) is 0 Å². The van der Waals surface area contributed by atoms with Gasteiger partial charge >= 0.3 is 0 Å². The molecule has 6 heteroatoms. The van der Waals surface area contributed by atoms with Crippen molar-refractivity contribution in [3.05, 3.63) is 148 Å². The van der Waals surface area contributed by atoms with Gasteiger partial charge < -0.3 is 10.3 Å². The molecule has 1 aliphatic heterocycles. The fraction of sp³-hybridized carbons (Fsp3) is 0.152. The van der Waals surface area contributed by atoms with Gasteiger partial charge in [0, 0.05) is 33.4 Å². The maximum atomic E-state index is 15.1. The fourth-order valence-corrected chi connectivity index (χ4v) is 4.26. The molecule has 2 N–H and O–H groups in total. The molecule has 0 aliphatic carbocycles. The first-order valence-corrected chi connectivity index (χ1v) is 12.7. The summed E-state index contributed by atoms with van der Waals surface area (Å²) in [6.07, 6.45) is 8.85. The molecule has 0 saturated carbocycles. The number of nitrogens with one attached hydrogen (secondary N) is 2. The van der Waals surface area contributed by atoms with Crippen LogP contribution in [-0.4, -0.2) is 9.97 Å². The molecule has 0 saturated heterocycles. The highest BCUT2D eigenvalue weighted by Crippen LogP contribution is 2.28. The summed E-state index contributed by atoms with van der Waals surface area (Å²) in [5.41, 5.74) is 5.99. The van der Waals surface area contributed by atoms with Crippen LogP contribution >= 0.6 is 0 Å². The number of fused-ring (bicyclic) bond motifs is 1. The molecule has 0 amide bonds. The quantitative estimate of drug-likeness (QED) is 0.294. The van der Waals surface area contributed by atoms with E-state index in [1.165, 1.54) is 12.1 Å². The van der Waals surface area contributed by atoms with Crippen molar-refractivity contribution in [2.75, 3.05) is 0 Å². The summed E-state index contributed by atoms with van der Waals surface area (Å²) in [5, 5.41) is 4.21. The van der Waals surface area contributed by atoms with Gasteiger partial charge in [0.2, 0.25) is 0 Å². The number of aromatic nitrogens is 2. The molecule has 0 unspecified atom stereocenters. The number of allylic oxidation sites excluding steroid dienone is 7. The van der Waals surface area contributed by atoms with Gasteiger partial charge in [-0.1, -0.05) is 70.0 Å². The second kappa shape index (κ2) is 11.4. The number of aryl methyl sites for hydroxylation is 1. The molecule has 4 rings (SSSR count). The van der Waals surface area contributed by atoms with Crippen molar-refractivity contribution in [2.45, 2.75) is 27.7 Å². The molecule has 0 bridgehead atoms. The van der Waals surface area contributed by atoms with Crippen LogP contribution < -0.4 is 15.9 Å². The summed E-state index contributed by atoms with van der Waals surface area (Å²) in [5.74, 6) is -0.0419. The molecule has 4 nitrogen and oxygen atoms in total. The lowest BCUT2D eigenvalue weighted by Gasteiger charge is -2.15. The van der Waals surface area contributed by atoms with E-state index in [4.69, 9.17) is 4.98 Å². The van der Waals surface area contributed by atoms with Crippen molar-refractivity contribution in [1.29, 1.82) is 0 Å². The molecular weight excluding hydrogens is 490 g/mol. The summed E-state index contributed by atoms with van der Waals surface area (Å²) in [7, 11) is 0. The summed E-state index contributed by atoms with van der Waals surface area (Å²) in [4.78, 5) is 12.4. The topological polar surface area (TPSA) is 53.1 Å².